The molecular weight excluding hydrogens is 682 g/mol. The maximum atomic E-state index is 15.5. The number of carbonyl (C=O) groups is 1. The van der Waals surface area contributed by atoms with Gasteiger partial charge in [0.05, 0.1) is 11.1 Å². The molecule has 4 heterocycles. The van der Waals surface area contributed by atoms with E-state index < -0.39 is 5.60 Å². The minimum atomic E-state index is -0.493. The molecule has 0 bridgehead atoms. The number of piperidine rings is 1. The van der Waals surface area contributed by atoms with E-state index in [4.69, 9.17) is 19.4 Å². The molecule has 39 heavy (non-hydrogen) atoms. The summed E-state index contributed by atoms with van der Waals surface area (Å²) in [5.41, 5.74) is -0.0303. The summed E-state index contributed by atoms with van der Waals surface area (Å²) in [7, 11) is 1.72. The lowest BCUT2D eigenvalue weighted by Gasteiger charge is -2.53. The number of methoxy groups -OCH3 is 1. The minimum Gasteiger partial charge on any atom is -0.444 e. The Hall–Kier alpha value is -1.51. The molecule has 0 aliphatic carbocycles. The lowest BCUT2D eigenvalue weighted by molar-refractivity contribution is -0.0434. The van der Waals surface area contributed by atoms with E-state index in [2.05, 4.69) is 53.2 Å². The lowest BCUT2D eigenvalue weighted by Crippen LogP contribution is -2.62. The number of carbonyl (C=O) groups excluding carboxylic acids is 1. The molecule has 0 atom stereocenters. The SMILES string of the molecule is COCCN1CCN(c2nc(N3CCC4(CC3)CN(C(=O)OC(C)(C)C)C4)c3cc(I)c(Br)c(F)c3n2)CC1. The first-order valence-corrected chi connectivity index (χ1v) is 15.4. The van der Waals surface area contributed by atoms with E-state index in [-0.39, 0.29) is 17.3 Å². The fourth-order valence-corrected chi connectivity index (χ4v) is 6.50. The lowest BCUT2D eigenvalue weighted by atomic mass is 9.72. The van der Waals surface area contributed by atoms with Crippen LogP contribution in [0, 0.1) is 14.8 Å². The molecule has 3 aliphatic heterocycles. The largest absolute Gasteiger partial charge is 0.444 e. The van der Waals surface area contributed by atoms with Crippen LogP contribution in [0.2, 0.25) is 0 Å². The molecule has 0 N–H and O–H groups in total. The van der Waals surface area contributed by atoms with Gasteiger partial charge < -0.3 is 24.2 Å². The van der Waals surface area contributed by atoms with Gasteiger partial charge in [-0.1, -0.05) is 0 Å². The van der Waals surface area contributed by atoms with Gasteiger partial charge >= 0.3 is 6.09 Å². The number of nitrogens with zero attached hydrogens (tertiary/aromatic N) is 6. The second-order valence-corrected chi connectivity index (χ2v) is 13.8. The Morgan fingerprint density at radius 1 is 1.10 bits per heavy atom. The molecule has 1 amide bonds. The second-order valence-electron chi connectivity index (χ2n) is 11.9. The highest BCUT2D eigenvalue weighted by atomic mass is 127. The van der Waals surface area contributed by atoms with E-state index in [1.54, 1.807) is 12.0 Å². The fraction of sp³-hybridized carbons (Fsp3) is 0.667. The fourth-order valence-electron chi connectivity index (χ4n) is 5.65. The second kappa shape index (κ2) is 11.4. The van der Waals surface area contributed by atoms with Crippen LogP contribution >= 0.6 is 38.5 Å². The van der Waals surface area contributed by atoms with Gasteiger partial charge in [0.25, 0.3) is 0 Å². The molecular formula is C27H37BrFIN6O3. The zero-order valence-corrected chi connectivity index (χ0v) is 26.8. The van der Waals surface area contributed by atoms with Crippen molar-refractivity contribution in [3.8, 4) is 0 Å². The molecule has 214 valence electrons. The molecule has 1 spiro atoms. The molecule has 0 saturated carbocycles. The molecule has 3 fully saturated rings. The number of hydrogen-bond acceptors (Lipinski definition) is 8. The monoisotopic (exact) mass is 718 g/mol. The molecule has 1 aromatic heterocycles. The number of ether oxygens (including phenoxy) is 2. The summed E-state index contributed by atoms with van der Waals surface area (Å²) in [5, 5.41) is 0.738. The first-order valence-electron chi connectivity index (χ1n) is 13.5. The van der Waals surface area contributed by atoms with E-state index in [0.29, 0.717) is 22.5 Å². The standard InChI is InChI=1S/C27H37BrFIN6O3/c1-26(2,3)39-25(37)36-16-27(17-36)5-7-34(8-6-27)23-18-15-19(30)20(28)21(29)22(18)31-24(32-23)35-11-9-33(10-12-35)13-14-38-4/h15H,5-14,16-17H2,1-4H3. The Labute approximate surface area is 251 Å². The van der Waals surface area contributed by atoms with Crippen molar-refractivity contribution < 1.29 is 18.7 Å². The number of likely N-dealkylation sites (tertiary alicyclic amines) is 1. The van der Waals surface area contributed by atoms with Crippen LogP contribution in [-0.2, 0) is 9.47 Å². The Morgan fingerprint density at radius 3 is 2.38 bits per heavy atom. The van der Waals surface area contributed by atoms with Gasteiger partial charge in [-0.2, -0.15) is 4.98 Å². The Kier molecular flexibility index (Phi) is 8.48. The summed E-state index contributed by atoms with van der Waals surface area (Å²) in [6.07, 6.45) is 1.66. The highest BCUT2D eigenvalue weighted by Crippen LogP contribution is 2.43. The third-order valence-electron chi connectivity index (χ3n) is 7.89. The smallest absolute Gasteiger partial charge is 0.410 e. The average molecular weight is 719 g/mol. The third-order valence-corrected chi connectivity index (χ3v) is 10.3. The summed E-state index contributed by atoms with van der Waals surface area (Å²) in [4.78, 5) is 30.9. The number of anilines is 2. The topological polar surface area (TPSA) is 74.3 Å². The van der Waals surface area contributed by atoms with Crippen molar-refractivity contribution in [2.24, 2.45) is 5.41 Å². The number of hydrogen-bond donors (Lipinski definition) is 0. The van der Waals surface area contributed by atoms with E-state index in [1.807, 2.05) is 26.8 Å². The van der Waals surface area contributed by atoms with Crippen LogP contribution < -0.4 is 9.80 Å². The van der Waals surface area contributed by atoms with Crippen LogP contribution in [0.4, 0.5) is 21.0 Å². The summed E-state index contributed by atoms with van der Waals surface area (Å²) in [6, 6.07) is 1.98. The van der Waals surface area contributed by atoms with E-state index in [0.717, 1.165) is 86.5 Å². The molecule has 1 aromatic carbocycles. The van der Waals surface area contributed by atoms with Crippen LogP contribution in [0.3, 0.4) is 0 Å². The normalized spacial score (nSPS) is 20.0. The molecule has 0 unspecified atom stereocenters. The van der Waals surface area contributed by atoms with Crippen molar-refractivity contribution in [2.45, 2.75) is 39.2 Å². The van der Waals surface area contributed by atoms with Crippen LogP contribution in [0.5, 0.6) is 0 Å². The van der Waals surface area contributed by atoms with Crippen molar-refractivity contribution in [1.29, 1.82) is 0 Å². The van der Waals surface area contributed by atoms with Crippen molar-refractivity contribution in [3.63, 3.8) is 0 Å². The number of rotatable bonds is 5. The minimum absolute atomic E-state index is 0.111. The van der Waals surface area contributed by atoms with E-state index >= 15 is 4.39 Å². The zero-order chi connectivity index (χ0) is 27.9. The molecule has 3 aliphatic rings. The number of piperazine rings is 1. The summed E-state index contributed by atoms with van der Waals surface area (Å²) in [5.74, 6) is 1.02. The van der Waals surface area contributed by atoms with Crippen molar-refractivity contribution >= 4 is 67.3 Å². The number of aromatic nitrogens is 2. The quantitative estimate of drug-likeness (QED) is 0.325. The first-order chi connectivity index (χ1) is 18.5. The van der Waals surface area contributed by atoms with Crippen LogP contribution in [0.25, 0.3) is 10.9 Å². The van der Waals surface area contributed by atoms with Crippen molar-refractivity contribution in [3.05, 3.63) is 19.9 Å². The van der Waals surface area contributed by atoms with Gasteiger partial charge in [-0.25, -0.2) is 14.2 Å². The third kappa shape index (κ3) is 6.23. The Bertz CT molecular complexity index is 1220. The molecule has 2 aromatic rings. The highest BCUT2D eigenvalue weighted by Gasteiger charge is 2.48. The Morgan fingerprint density at radius 2 is 1.77 bits per heavy atom. The van der Waals surface area contributed by atoms with Gasteiger partial charge in [0.15, 0.2) is 5.82 Å². The number of halogens is 3. The zero-order valence-electron chi connectivity index (χ0n) is 23.1. The molecule has 3 saturated heterocycles. The molecule has 12 heteroatoms. The maximum absolute atomic E-state index is 15.5. The van der Waals surface area contributed by atoms with Gasteiger partial charge in [0, 0.05) is 80.4 Å². The highest BCUT2D eigenvalue weighted by molar-refractivity contribution is 14.1. The summed E-state index contributed by atoms with van der Waals surface area (Å²) >= 11 is 5.56. The van der Waals surface area contributed by atoms with Gasteiger partial charge in [0.2, 0.25) is 5.95 Å². The van der Waals surface area contributed by atoms with Crippen LogP contribution in [0.1, 0.15) is 33.6 Å². The van der Waals surface area contributed by atoms with Crippen LogP contribution in [-0.4, -0.2) is 104 Å². The number of amides is 1. The molecule has 9 nitrogen and oxygen atoms in total. The van der Waals surface area contributed by atoms with Gasteiger partial charge in [-0.15, -0.1) is 0 Å². The maximum Gasteiger partial charge on any atom is 0.410 e. The Balaban J connectivity index is 1.34. The van der Waals surface area contributed by atoms with Crippen molar-refractivity contribution in [2.75, 3.05) is 82.4 Å². The van der Waals surface area contributed by atoms with Gasteiger partial charge in [0.1, 0.15) is 16.9 Å². The van der Waals surface area contributed by atoms with Crippen molar-refractivity contribution in [1.82, 2.24) is 19.8 Å². The first kappa shape index (κ1) is 29.0. The summed E-state index contributed by atoms with van der Waals surface area (Å²) in [6.45, 7) is 13.7. The predicted octanol–water partition coefficient (Wildman–Crippen LogP) is 4.74. The summed E-state index contributed by atoms with van der Waals surface area (Å²) < 4.78 is 27.5. The molecule has 0 radical (unpaired) electrons. The van der Waals surface area contributed by atoms with Crippen LogP contribution in [0.15, 0.2) is 10.5 Å². The number of fused-ring (bicyclic) bond motifs is 1. The molecule has 5 rings (SSSR count). The number of benzene rings is 1. The van der Waals surface area contributed by atoms with Gasteiger partial charge in [-0.3, -0.25) is 4.90 Å². The predicted molar refractivity (Wildman–Crippen MR) is 162 cm³/mol. The van der Waals surface area contributed by atoms with E-state index in [1.165, 1.54) is 0 Å². The van der Waals surface area contributed by atoms with E-state index in [9.17, 15) is 4.79 Å². The van der Waals surface area contributed by atoms with Gasteiger partial charge in [-0.05, 0) is 78.2 Å². The average Bonchev–Trinajstić information content (AvgIpc) is 2.88.